The van der Waals surface area contributed by atoms with Gasteiger partial charge >= 0.3 is 0 Å². The molecule has 1 atom stereocenters. The van der Waals surface area contributed by atoms with Crippen LogP contribution in [0.5, 0.6) is 5.75 Å². The molecule has 0 spiro atoms. The third kappa shape index (κ3) is 6.95. The van der Waals surface area contributed by atoms with Crippen molar-refractivity contribution in [3.05, 3.63) is 77.4 Å². The number of rotatable bonds is 8. The van der Waals surface area contributed by atoms with Crippen molar-refractivity contribution < 1.29 is 4.74 Å². The fraction of sp³-hybridized carbons (Fsp3) is 0.348. The van der Waals surface area contributed by atoms with E-state index in [0.29, 0.717) is 6.54 Å². The molecule has 7 nitrogen and oxygen atoms in total. The second-order valence-corrected chi connectivity index (χ2v) is 7.15. The molecule has 0 aliphatic carbocycles. The summed E-state index contributed by atoms with van der Waals surface area (Å²) < 4.78 is 7.41. The van der Waals surface area contributed by atoms with Crippen molar-refractivity contribution in [1.29, 1.82) is 0 Å². The Hall–Kier alpha value is -2.62. The van der Waals surface area contributed by atoms with Gasteiger partial charge in [-0.05, 0) is 37.5 Å². The van der Waals surface area contributed by atoms with Gasteiger partial charge in [-0.3, -0.25) is 0 Å². The van der Waals surface area contributed by atoms with Crippen molar-refractivity contribution in [2.45, 2.75) is 32.9 Å². The smallest absolute Gasteiger partial charge is 0.192 e. The van der Waals surface area contributed by atoms with E-state index in [4.69, 9.17) is 9.73 Å². The van der Waals surface area contributed by atoms with E-state index in [2.05, 4.69) is 46.0 Å². The van der Waals surface area contributed by atoms with E-state index < -0.39 is 0 Å². The highest BCUT2D eigenvalue weighted by molar-refractivity contribution is 14.0. The van der Waals surface area contributed by atoms with Crippen molar-refractivity contribution >= 4 is 29.9 Å². The van der Waals surface area contributed by atoms with Gasteiger partial charge in [0.05, 0.1) is 13.2 Å². The molecule has 3 aromatic rings. The molecule has 0 radical (unpaired) electrons. The Morgan fingerprint density at radius 3 is 2.48 bits per heavy atom. The molecule has 0 saturated carbocycles. The zero-order valence-corrected chi connectivity index (χ0v) is 20.8. The number of para-hydroxylation sites is 1. The number of aliphatic imine (C=N–C) groups is 1. The summed E-state index contributed by atoms with van der Waals surface area (Å²) in [5.74, 6) is 3.34. The Labute approximate surface area is 201 Å². The van der Waals surface area contributed by atoms with E-state index >= 15 is 0 Å². The molecule has 2 aromatic carbocycles. The van der Waals surface area contributed by atoms with Gasteiger partial charge in [-0.15, -0.1) is 34.2 Å². The highest BCUT2D eigenvalue weighted by Gasteiger charge is 2.10. The molecule has 2 N–H and O–H groups in total. The summed E-state index contributed by atoms with van der Waals surface area (Å²) in [6.45, 7) is 5.23. The second-order valence-electron chi connectivity index (χ2n) is 7.15. The highest BCUT2D eigenvalue weighted by Crippen LogP contribution is 2.17. The predicted molar refractivity (Wildman–Crippen MR) is 135 cm³/mol. The van der Waals surface area contributed by atoms with E-state index in [1.165, 1.54) is 5.56 Å². The van der Waals surface area contributed by atoms with Crippen molar-refractivity contribution in [1.82, 2.24) is 25.4 Å². The standard InChI is InChI=1S/C23H30N6O.HI/c1-17(19-10-6-5-7-11-19)26-23(25-16-22-28-27-18(2)29(22)3)24-15-14-20-12-8-9-13-21(20)30-4;/h5-13,17H,14-16H2,1-4H3,(H2,24,25,26);1H. The van der Waals surface area contributed by atoms with Crippen LogP contribution in [0.15, 0.2) is 59.6 Å². The molecule has 3 rings (SSSR count). The number of methoxy groups -OCH3 is 1. The SMILES string of the molecule is COc1ccccc1CCNC(=NCc1nnc(C)n1C)NC(C)c1ccccc1.I. The highest BCUT2D eigenvalue weighted by atomic mass is 127. The average Bonchev–Trinajstić information content (AvgIpc) is 3.10. The molecule has 166 valence electrons. The van der Waals surface area contributed by atoms with E-state index in [0.717, 1.165) is 41.9 Å². The van der Waals surface area contributed by atoms with Gasteiger partial charge in [0, 0.05) is 13.6 Å². The first-order valence-electron chi connectivity index (χ1n) is 10.1. The minimum atomic E-state index is 0. The summed E-state index contributed by atoms with van der Waals surface area (Å²) in [5, 5.41) is 15.3. The number of nitrogens with zero attached hydrogens (tertiary/aromatic N) is 4. The van der Waals surface area contributed by atoms with Crippen molar-refractivity contribution in [2.75, 3.05) is 13.7 Å². The van der Waals surface area contributed by atoms with Crippen LogP contribution in [0, 0.1) is 6.92 Å². The molecule has 0 bridgehead atoms. The van der Waals surface area contributed by atoms with E-state index in [1.807, 2.05) is 54.9 Å². The van der Waals surface area contributed by atoms with Gasteiger partial charge in [0.2, 0.25) is 0 Å². The molecule has 8 heteroatoms. The van der Waals surface area contributed by atoms with Crippen LogP contribution in [0.2, 0.25) is 0 Å². The molecule has 1 heterocycles. The first-order valence-corrected chi connectivity index (χ1v) is 10.1. The predicted octanol–water partition coefficient (Wildman–Crippen LogP) is 3.79. The number of benzene rings is 2. The summed E-state index contributed by atoms with van der Waals surface area (Å²) in [7, 11) is 3.65. The molecule has 31 heavy (non-hydrogen) atoms. The minimum Gasteiger partial charge on any atom is -0.496 e. The van der Waals surface area contributed by atoms with E-state index in [-0.39, 0.29) is 30.0 Å². The summed E-state index contributed by atoms with van der Waals surface area (Å²) in [5.41, 5.74) is 2.36. The lowest BCUT2D eigenvalue weighted by molar-refractivity contribution is 0.409. The number of hydrogen-bond acceptors (Lipinski definition) is 4. The van der Waals surface area contributed by atoms with E-state index in [1.54, 1.807) is 7.11 Å². The fourth-order valence-electron chi connectivity index (χ4n) is 3.15. The third-order valence-corrected chi connectivity index (χ3v) is 5.09. The second kappa shape index (κ2) is 12.3. The van der Waals surface area contributed by atoms with Crippen molar-refractivity contribution in [3.8, 4) is 5.75 Å². The van der Waals surface area contributed by atoms with Gasteiger partial charge < -0.3 is 19.9 Å². The number of aryl methyl sites for hydroxylation is 1. The Kier molecular flexibility index (Phi) is 9.77. The van der Waals surface area contributed by atoms with Gasteiger partial charge in [0.25, 0.3) is 0 Å². The number of ether oxygens (including phenoxy) is 1. The summed E-state index contributed by atoms with van der Waals surface area (Å²) in [4.78, 5) is 4.75. The van der Waals surface area contributed by atoms with Crippen LogP contribution >= 0.6 is 24.0 Å². The minimum absolute atomic E-state index is 0. The molecular formula is C23H31IN6O. The quantitative estimate of drug-likeness (QED) is 0.261. The molecule has 1 aromatic heterocycles. The largest absolute Gasteiger partial charge is 0.496 e. The lowest BCUT2D eigenvalue weighted by Gasteiger charge is -2.19. The number of guanidine groups is 1. The van der Waals surface area contributed by atoms with Crippen LogP contribution in [-0.4, -0.2) is 34.4 Å². The summed E-state index contributed by atoms with van der Waals surface area (Å²) in [6, 6.07) is 18.5. The van der Waals surface area contributed by atoms with Crippen LogP contribution < -0.4 is 15.4 Å². The maximum Gasteiger partial charge on any atom is 0.192 e. The first-order chi connectivity index (χ1) is 14.6. The fourth-order valence-corrected chi connectivity index (χ4v) is 3.15. The molecule has 0 aliphatic rings. The Morgan fingerprint density at radius 1 is 1.10 bits per heavy atom. The molecule has 0 saturated heterocycles. The number of halogens is 1. The number of nitrogens with one attached hydrogen (secondary N) is 2. The third-order valence-electron chi connectivity index (χ3n) is 5.09. The molecule has 1 unspecified atom stereocenters. The summed E-state index contributed by atoms with van der Waals surface area (Å²) >= 11 is 0. The molecule has 0 amide bonds. The number of hydrogen-bond donors (Lipinski definition) is 2. The maximum atomic E-state index is 5.45. The average molecular weight is 534 g/mol. The van der Waals surface area contributed by atoms with Gasteiger partial charge in [0.1, 0.15) is 18.1 Å². The van der Waals surface area contributed by atoms with Crippen LogP contribution in [0.25, 0.3) is 0 Å². The van der Waals surface area contributed by atoms with Gasteiger partial charge in [-0.25, -0.2) is 4.99 Å². The Balaban J connectivity index is 0.00000341. The summed E-state index contributed by atoms with van der Waals surface area (Å²) in [6.07, 6.45) is 0.827. The maximum absolute atomic E-state index is 5.45. The van der Waals surface area contributed by atoms with Crippen LogP contribution in [0.3, 0.4) is 0 Å². The zero-order valence-electron chi connectivity index (χ0n) is 18.5. The Morgan fingerprint density at radius 2 is 1.81 bits per heavy atom. The van der Waals surface area contributed by atoms with Crippen LogP contribution in [-0.2, 0) is 20.0 Å². The molecule has 0 aliphatic heterocycles. The van der Waals surface area contributed by atoms with Gasteiger partial charge in [-0.1, -0.05) is 48.5 Å². The first kappa shape index (κ1) is 24.6. The van der Waals surface area contributed by atoms with Crippen molar-refractivity contribution in [3.63, 3.8) is 0 Å². The van der Waals surface area contributed by atoms with Gasteiger partial charge in [-0.2, -0.15) is 0 Å². The molecular weight excluding hydrogens is 503 g/mol. The van der Waals surface area contributed by atoms with E-state index in [9.17, 15) is 0 Å². The van der Waals surface area contributed by atoms with Crippen molar-refractivity contribution in [2.24, 2.45) is 12.0 Å². The topological polar surface area (TPSA) is 76.4 Å². The normalized spacial score (nSPS) is 12.1. The zero-order chi connectivity index (χ0) is 21.3. The Bertz CT molecular complexity index is 973. The van der Waals surface area contributed by atoms with Crippen LogP contribution in [0.1, 0.15) is 35.7 Å². The monoisotopic (exact) mass is 534 g/mol. The lowest BCUT2D eigenvalue weighted by atomic mass is 10.1. The number of aromatic nitrogens is 3. The van der Waals surface area contributed by atoms with Crippen LogP contribution in [0.4, 0.5) is 0 Å². The lowest BCUT2D eigenvalue weighted by Crippen LogP contribution is -2.39. The van der Waals surface area contributed by atoms with Gasteiger partial charge in [0.15, 0.2) is 11.8 Å². The molecule has 0 fully saturated rings.